The summed E-state index contributed by atoms with van der Waals surface area (Å²) in [5.74, 6) is -2.32. The van der Waals surface area contributed by atoms with Crippen LogP contribution in [0.15, 0.2) is 30.3 Å². The molecule has 1 fully saturated rings. The van der Waals surface area contributed by atoms with E-state index in [1.165, 1.54) is 10.5 Å². The maximum atomic E-state index is 13.0. The fraction of sp³-hybridized carbons (Fsp3) is 0.591. The number of carboxylic acids is 1. The molecule has 1 amide bonds. The van der Waals surface area contributed by atoms with Crippen LogP contribution in [0.4, 0.5) is 0 Å². The summed E-state index contributed by atoms with van der Waals surface area (Å²) in [7, 11) is 0. The summed E-state index contributed by atoms with van der Waals surface area (Å²) in [5, 5.41) is 9.00. The Morgan fingerprint density at radius 3 is 2.44 bits per heavy atom. The number of aliphatic carboxylic acids is 1. The van der Waals surface area contributed by atoms with E-state index < -0.39 is 17.8 Å². The van der Waals surface area contributed by atoms with Crippen LogP contribution in [0, 0.1) is 11.8 Å². The smallest absolute Gasteiger partial charge is 0.374 e. The van der Waals surface area contributed by atoms with Gasteiger partial charge in [-0.2, -0.15) is 0 Å². The molecule has 1 aromatic carbocycles. The SMILES string of the molecule is CC(C)C(CCCCCc1ccccc1)C(=O)N1CCC[C@H]1C(=O)C(=O)O. The predicted molar refractivity (Wildman–Crippen MR) is 104 cm³/mol. The van der Waals surface area contributed by atoms with Crippen molar-refractivity contribution in [3.63, 3.8) is 0 Å². The summed E-state index contributed by atoms with van der Waals surface area (Å²) in [6, 6.07) is 9.60. The topological polar surface area (TPSA) is 74.7 Å². The molecule has 1 N–H and O–H groups in total. The number of carboxylic acid groups (broad SMARTS) is 1. The molecule has 0 spiro atoms. The fourth-order valence-corrected chi connectivity index (χ4v) is 3.92. The number of aryl methyl sites for hydroxylation is 1. The summed E-state index contributed by atoms with van der Waals surface area (Å²) in [6.45, 7) is 4.53. The molecule has 0 bridgehead atoms. The molecule has 0 radical (unpaired) electrons. The Labute approximate surface area is 161 Å². The van der Waals surface area contributed by atoms with Crippen LogP contribution in [0.3, 0.4) is 0 Å². The van der Waals surface area contributed by atoms with Gasteiger partial charge in [0.05, 0.1) is 0 Å². The zero-order valence-corrected chi connectivity index (χ0v) is 16.4. The Bertz CT molecular complexity index is 641. The van der Waals surface area contributed by atoms with Crippen molar-refractivity contribution in [3.05, 3.63) is 35.9 Å². The third kappa shape index (κ3) is 5.91. The minimum absolute atomic E-state index is 0.0508. The number of benzene rings is 1. The first-order valence-corrected chi connectivity index (χ1v) is 10.0. The molecule has 148 valence electrons. The number of hydrogen-bond acceptors (Lipinski definition) is 3. The standard InChI is InChI=1S/C22H31NO4/c1-16(2)18(13-8-4-7-12-17-10-5-3-6-11-17)21(25)23-15-9-14-19(23)20(24)22(26)27/h3,5-6,10-11,16,18-19H,4,7-9,12-15H2,1-2H3,(H,26,27)/t18?,19-/m0/s1. The summed E-state index contributed by atoms with van der Waals surface area (Å²) in [6.07, 6.45) is 6.09. The molecule has 1 aliphatic rings. The van der Waals surface area contributed by atoms with Crippen molar-refractivity contribution in [2.45, 2.75) is 64.8 Å². The average molecular weight is 373 g/mol. The molecule has 1 heterocycles. The van der Waals surface area contributed by atoms with E-state index in [0.29, 0.717) is 19.4 Å². The highest BCUT2D eigenvalue weighted by molar-refractivity contribution is 6.35. The Balaban J connectivity index is 1.85. The lowest BCUT2D eigenvalue weighted by molar-refractivity contribution is -0.153. The second kappa shape index (κ2) is 10.2. The Hall–Kier alpha value is -2.17. The number of amides is 1. The normalized spacial score (nSPS) is 17.9. The maximum Gasteiger partial charge on any atom is 0.374 e. The summed E-state index contributed by atoms with van der Waals surface area (Å²) in [4.78, 5) is 37.4. The van der Waals surface area contributed by atoms with Gasteiger partial charge in [0.15, 0.2) is 0 Å². The molecule has 5 nitrogen and oxygen atoms in total. The second-order valence-electron chi connectivity index (χ2n) is 7.79. The van der Waals surface area contributed by atoms with Crippen LogP contribution in [0.2, 0.25) is 0 Å². The predicted octanol–water partition coefficient (Wildman–Crippen LogP) is 3.71. The third-order valence-corrected chi connectivity index (χ3v) is 5.49. The van der Waals surface area contributed by atoms with E-state index in [9.17, 15) is 14.4 Å². The Kier molecular flexibility index (Phi) is 8.01. The van der Waals surface area contributed by atoms with Crippen molar-refractivity contribution in [2.75, 3.05) is 6.54 Å². The van der Waals surface area contributed by atoms with E-state index in [0.717, 1.165) is 32.1 Å². The van der Waals surface area contributed by atoms with Gasteiger partial charge in [0.25, 0.3) is 5.78 Å². The molecule has 1 aliphatic heterocycles. The number of unbranched alkanes of at least 4 members (excludes halogenated alkanes) is 2. The highest BCUT2D eigenvalue weighted by Gasteiger charge is 2.39. The number of Topliss-reactive ketones (excluding diaryl/α,β-unsaturated/α-hetero) is 1. The molecule has 5 heteroatoms. The molecule has 1 saturated heterocycles. The Morgan fingerprint density at radius 1 is 1.11 bits per heavy atom. The molecular weight excluding hydrogens is 342 g/mol. The maximum absolute atomic E-state index is 13.0. The Morgan fingerprint density at radius 2 is 1.81 bits per heavy atom. The second-order valence-corrected chi connectivity index (χ2v) is 7.79. The van der Waals surface area contributed by atoms with Gasteiger partial charge in [-0.05, 0) is 43.6 Å². The zero-order chi connectivity index (χ0) is 19.8. The number of rotatable bonds is 10. The summed E-state index contributed by atoms with van der Waals surface area (Å²) >= 11 is 0. The van der Waals surface area contributed by atoms with Crippen LogP contribution < -0.4 is 0 Å². The molecule has 2 atom stereocenters. The minimum atomic E-state index is -1.44. The number of carbonyl (C=O) groups is 3. The van der Waals surface area contributed by atoms with Crippen LogP contribution in [-0.2, 0) is 20.8 Å². The van der Waals surface area contributed by atoms with Crippen molar-refractivity contribution in [1.29, 1.82) is 0 Å². The lowest BCUT2D eigenvalue weighted by atomic mass is 9.88. The average Bonchev–Trinajstić information content (AvgIpc) is 3.13. The first-order valence-electron chi connectivity index (χ1n) is 10.0. The third-order valence-electron chi connectivity index (χ3n) is 5.49. The number of ketones is 1. The molecule has 0 saturated carbocycles. The van der Waals surface area contributed by atoms with Gasteiger partial charge in [0.2, 0.25) is 5.91 Å². The van der Waals surface area contributed by atoms with E-state index in [1.54, 1.807) is 0 Å². The van der Waals surface area contributed by atoms with E-state index in [1.807, 2.05) is 32.0 Å². The molecule has 27 heavy (non-hydrogen) atoms. The first kappa shape index (κ1) is 21.1. The molecule has 0 aromatic heterocycles. The van der Waals surface area contributed by atoms with Crippen LogP contribution >= 0.6 is 0 Å². The van der Waals surface area contributed by atoms with Gasteiger partial charge in [-0.25, -0.2) is 4.79 Å². The monoisotopic (exact) mass is 373 g/mol. The lowest BCUT2D eigenvalue weighted by Gasteiger charge is -2.29. The van der Waals surface area contributed by atoms with Crippen LogP contribution in [-0.4, -0.2) is 40.3 Å². The van der Waals surface area contributed by atoms with Crippen molar-refractivity contribution < 1.29 is 19.5 Å². The number of likely N-dealkylation sites (tertiary alicyclic amines) is 1. The molecular formula is C22H31NO4. The quantitative estimate of drug-likeness (QED) is 0.501. The largest absolute Gasteiger partial charge is 0.475 e. The van der Waals surface area contributed by atoms with Crippen molar-refractivity contribution in [2.24, 2.45) is 11.8 Å². The number of nitrogens with zero attached hydrogens (tertiary/aromatic N) is 1. The van der Waals surface area contributed by atoms with Gasteiger partial charge in [0, 0.05) is 12.5 Å². The molecule has 1 unspecified atom stereocenters. The van der Waals surface area contributed by atoms with Crippen molar-refractivity contribution in [1.82, 2.24) is 4.90 Å². The van der Waals surface area contributed by atoms with E-state index in [2.05, 4.69) is 12.1 Å². The van der Waals surface area contributed by atoms with Gasteiger partial charge in [-0.1, -0.05) is 57.0 Å². The van der Waals surface area contributed by atoms with Crippen LogP contribution in [0.1, 0.15) is 57.9 Å². The summed E-state index contributed by atoms with van der Waals surface area (Å²) in [5.41, 5.74) is 1.33. The molecule has 2 rings (SSSR count). The van der Waals surface area contributed by atoms with Gasteiger partial charge >= 0.3 is 5.97 Å². The molecule has 1 aromatic rings. The van der Waals surface area contributed by atoms with E-state index in [-0.39, 0.29) is 17.7 Å². The number of hydrogen-bond donors (Lipinski definition) is 1. The van der Waals surface area contributed by atoms with Crippen LogP contribution in [0.25, 0.3) is 0 Å². The highest BCUT2D eigenvalue weighted by Crippen LogP contribution is 2.27. The number of carbonyl (C=O) groups excluding carboxylic acids is 2. The fourth-order valence-electron chi connectivity index (χ4n) is 3.92. The first-order chi connectivity index (χ1) is 12.9. The van der Waals surface area contributed by atoms with Gasteiger partial charge < -0.3 is 10.0 Å². The van der Waals surface area contributed by atoms with Crippen LogP contribution in [0.5, 0.6) is 0 Å². The van der Waals surface area contributed by atoms with Crippen molar-refractivity contribution >= 4 is 17.7 Å². The minimum Gasteiger partial charge on any atom is -0.475 e. The van der Waals surface area contributed by atoms with Gasteiger partial charge in [-0.3, -0.25) is 9.59 Å². The lowest BCUT2D eigenvalue weighted by Crippen LogP contribution is -2.46. The van der Waals surface area contributed by atoms with Gasteiger partial charge in [0.1, 0.15) is 6.04 Å². The van der Waals surface area contributed by atoms with E-state index >= 15 is 0 Å². The molecule has 0 aliphatic carbocycles. The van der Waals surface area contributed by atoms with E-state index in [4.69, 9.17) is 5.11 Å². The highest BCUT2D eigenvalue weighted by atomic mass is 16.4. The zero-order valence-electron chi connectivity index (χ0n) is 16.4. The van der Waals surface area contributed by atoms with Gasteiger partial charge in [-0.15, -0.1) is 0 Å². The summed E-state index contributed by atoms with van der Waals surface area (Å²) < 4.78 is 0. The van der Waals surface area contributed by atoms with Crippen molar-refractivity contribution in [3.8, 4) is 0 Å².